The monoisotopic (exact) mass is 337 g/mol. The van der Waals surface area contributed by atoms with Crippen molar-refractivity contribution in [2.45, 2.75) is 18.9 Å². The number of hydrogen-bond acceptors (Lipinski definition) is 4. The van der Waals surface area contributed by atoms with E-state index in [0.717, 1.165) is 30.3 Å². The Hall–Kier alpha value is -3.09. The van der Waals surface area contributed by atoms with Gasteiger partial charge >= 0.3 is 0 Å². The largest absolute Gasteiger partial charge is 0.361 e. The van der Waals surface area contributed by atoms with Crippen molar-refractivity contribution >= 4 is 22.6 Å². The van der Waals surface area contributed by atoms with E-state index in [2.05, 4.69) is 20.3 Å². The van der Waals surface area contributed by atoms with E-state index in [0.29, 0.717) is 17.9 Å². The maximum absolute atomic E-state index is 12.7. The first-order chi connectivity index (χ1) is 12.2. The van der Waals surface area contributed by atoms with Crippen LogP contribution in [0.3, 0.4) is 0 Å². The number of carbonyl (C=O) groups excluding carboxylic acids is 1. The second-order valence-corrected chi connectivity index (χ2v) is 6.25. The minimum Gasteiger partial charge on any atom is -0.361 e. The molecule has 0 spiro atoms. The van der Waals surface area contributed by atoms with Gasteiger partial charge < -0.3 is 20.2 Å². The number of carbonyl (C=O) groups is 1. The van der Waals surface area contributed by atoms with Gasteiger partial charge in [-0.2, -0.15) is 0 Å². The fourth-order valence-electron chi connectivity index (χ4n) is 3.40. The Labute approximate surface area is 144 Å². The molecule has 1 atom stereocenters. The van der Waals surface area contributed by atoms with Crippen LogP contribution in [0, 0.1) is 0 Å². The van der Waals surface area contributed by atoms with E-state index >= 15 is 0 Å². The fourth-order valence-corrected chi connectivity index (χ4v) is 3.40. The third-order valence-electron chi connectivity index (χ3n) is 4.58. The van der Waals surface area contributed by atoms with Crippen LogP contribution in [0.1, 0.15) is 23.2 Å². The molecule has 7 nitrogen and oxygen atoms in total. The van der Waals surface area contributed by atoms with E-state index in [-0.39, 0.29) is 17.5 Å². The van der Waals surface area contributed by atoms with Gasteiger partial charge in [-0.3, -0.25) is 9.59 Å². The van der Waals surface area contributed by atoms with Crippen molar-refractivity contribution in [3.63, 3.8) is 0 Å². The minimum atomic E-state index is -0.202. The molecule has 1 fully saturated rings. The number of hydrogen-bond donors (Lipinski definition) is 3. The summed E-state index contributed by atoms with van der Waals surface area (Å²) < 4.78 is 0. The second kappa shape index (κ2) is 6.43. The number of benzene rings is 1. The number of aromatic amines is 2. The summed E-state index contributed by atoms with van der Waals surface area (Å²) in [5, 5.41) is 4.01. The Kier molecular flexibility index (Phi) is 3.97. The van der Waals surface area contributed by atoms with Crippen molar-refractivity contribution in [1.82, 2.24) is 20.3 Å². The predicted molar refractivity (Wildman–Crippen MR) is 95.9 cm³/mol. The number of H-pyrrole nitrogens is 2. The normalized spacial score (nSPS) is 17.6. The van der Waals surface area contributed by atoms with E-state index in [1.54, 1.807) is 6.20 Å². The maximum atomic E-state index is 12.7. The van der Waals surface area contributed by atoms with Crippen LogP contribution in [0.2, 0.25) is 0 Å². The van der Waals surface area contributed by atoms with Crippen LogP contribution in [-0.4, -0.2) is 40.0 Å². The molecule has 1 saturated heterocycles. The molecule has 1 amide bonds. The highest BCUT2D eigenvalue weighted by Gasteiger charge is 2.24. The first kappa shape index (κ1) is 15.4. The van der Waals surface area contributed by atoms with Crippen molar-refractivity contribution < 1.29 is 4.79 Å². The highest BCUT2D eigenvalue weighted by molar-refractivity contribution is 6.06. The minimum absolute atomic E-state index is 0.0168. The summed E-state index contributed by atoms with van der Waals surface area (Å²) in [4.78, 5) is 36.5. The smallest absolute Gasteiger partial charge is 0.290 e. The molecule has 7 heteroatoms. The number of fused-ring (bicyclic) bond motifs is 1. The molecule has 25 heavy (non-hydrogen) atoms. The number of anilines is 1. The lowest BCUT2D eigenvalue weighted by Gasteiger charge is -2.33. The number of nitrogens with zero attached hydrogens (tertiary/aromatic N) is 2. The molecule has 0 unspecified atom stereocenters. The molecule has 128 valence electrons. The van der Waals surface area contributed by atoms with Crippen LogP contribution < -0.4 is 15.8 Å². The van der Waals surface area contributed by atoms with Crippen LogP contribution >= 0.6 is 0 Å². The van der Waals surface area contributed by atoms with E-state index in [4.69, 9.17) is 0 Å². The predicted octanol–water partition coefficient (Wildman–Crippen LogP) is 1.65. The van der Waals surface area contributed by atoms with Gasteiger partial charge in [0.05, 0.1) is 0 Å². The number of nitrogens with one attached hydrogen (secondary N) is 3. The lowest BCUT2D eigenvalue weighted by Crippen LogP contribution is -2.49. The maximum Gasteiger partial charge on any atom is 0.290 e. The van der Waals surface area contributed by atoms with Gasteiger partial charge in [0.25, 0.3) is 11.5 Å². The zero-order valence-electron chi connectivity index (χ0n) is 13.7. The molecule has 3 N–H and O–H groups in total. The Bertz CT molecular complexity index is 961. The van der Waals surface area contributed by atoms with Gasteiger partial charge in [-0.15, -0.1) is 0 Å². The Morgan fingerprint density at radius 3 is 3.04 bits per heavy atom. The highest BCUT2D eigenvalue weighted by atomic mass is 16.1. The van der Waals surface area contributed by atoms with Crippen molar-refractivity contribution in [3.05, 3.63) is 58.8 Å². The first-order valence-corrected chi connectivity index (χ1v) is 8.38. The van der Waals surface area contributed by atoms with Crippen molar-refractivity contribution in [2.75, 3.05) is 18.0 Å². The van der Waals surface area contributed by atoms with E-state index in [1.165, 1.54) is 6.20 Å². The summed E-state index contributed by atoms with van der Waals surface area (Å²) in [5.74, 6) is 0.321. The fraction of sp³-hybridized carbons (Fsp3) is 0.278. The van der Waals surface area contributed by atoms with Crippen LogP contribution in [-0.2, 0) is 0 Å². The van der Waals surface area contributed by atoms with E-state index in [9.17, 15) is 9.59 Å². The molecule has 3 heterocycles. The van der Waals surface area contributed by atoms with Gasteiger partial charge in [0, 0.05) is 54.2 Å². The molecule has 2 aromatic heterocycles. The average Bonchev–Trinajstić information content (AvgIpc) is 3.11. The first-order valence-electron chi connectivity index (χ1n) is 8.38. The van der Waals surface area contributed by atoms with Crippen LogP contribution in [0.5, 0.6) is 0 Å². The molecule has 0 radical (unpaired) electrons. The highest BCUT2D eigenvalue weighted by Crippen LogP contribution is 2.19. The van der Waals surface area contributed by atoms with E-state index in [1.807, 2.05) is 35.4 Å². The molecule has 1 aromatic carbocycles. The van der Waals surface area contributed by atoms with Gasteiger partial charge in [0.2, 0.25) is 0 Å². The summed E-state index contributed by atoms with van der Waals surface area (Å²) in [5.41, 5.74) is 1.40. The van der Waals surface area contributed by atoms with Gasteiger partial charge in [-0.1, -0.05) is 6.07 Å². The van der Waals surface area contributed by atoms with Gasteiger partial charge in [0.15, 0.2) is 5.82 Å². The van der Waals surface area contributed by atoms with Gasteiger partial charge in [-0.05, 0) is 31.0 Å². The van der Waals surface area contributed by atoms with Crippen molar-refractivity contribution in [3.8, 4) is 0 Å². The molecule has 3 aromatic rings. The third kappa shape index (κ3) is 3.00. The number of rotatable bonds is 3. The van der Waals surface area contributed by atoms with Crippen molar-refractivity contribution in [1.29, 1.82) is 0 Å². The summed E-state index contributed by atoms with van der Waals surface area (Å²) in [6.07, 6.45) is 6.71. The van der Waals surface area contributed by atoms with Crippen LogP contribution in [0.4, 0.5) is 5.82 Å². The van der Waals surface area contributed by atoms with Gasteiger partial charge in [-0.25, -0.2) is 4.98 Å². The third-order valence-corrected chi connectivity index (χ3v) is 4.58. The summed E-state index contributed by atoms with van der Waals surface area (Å²) in [7, 11) is 0. The molecular weight excluding hydrogens is 318 g/mol. The second-order valence-electron chi connectivity index (χ2n) is 6.25. The average molecular weight is 337 g/mol. The molecule has 0 saturated carbocycles. The molecule has 0 aliphatic carbocycles. The quantitative estimate of drug-likeness (QED) is 0.677. The lowest BCUT2D eigenvalue weighted by molar-refractivity contribution is 0.0935. The number of aromatic nitrogens is 3. The Morgan fingerprint density at radius 1 is 1.24 bits per heavy atom. The Balaban J connectivity index is 1.51. The SMILES string of the molecule is O=C(N[C@H]1CCCN(c2ncc[nH]c2=O)C1)c1cccc2[nH]ccc12. The molecule has 1 aliphatic rings. The molecule has 1 aliphatic heterocycles. The zero-order chi connectivity index (χ0) is 17.2. The standard InChI is InChI=1S/C18H19N5O2/c24-17(14-4-1-5-15-13(14)6-7-19-15)22-12-3-2-10-23(11-12)16-18(25)21-9-8-20-16/h1,4-9,12,19H,2-3,10-11H2,(H,21,25)(H,22,24)/t12-/m0/s1. The summed E-state index contributed by atoms with van der Waals surface area (Å²) >= 11 is 0. The summed E-state index contributed by atoms with van der Waals surface area (Å²) in [6.45, 7) is 1.34. The lowest BCUT2D eigenvalue weighted by atomic mass is 10.0. The Morgan fingerprint density at radius 2 is 2.16 bits per heavy atom. The molecule has 0 bridgehead atoms. The summed E-state index contributed by atoms with van der Waals surface area (Å²) in [6, 6.07) is 7.54. The number of amides is 1. The van der Waals surface area contributed by atoms with Gasteiger partial charge in [0.1, 0.15) is 0 Å². The zero-order valence-corrected chi connectivity index (χ0v) is 13.7. The molecule has 4 rings (SSSR count). The van der Waals surface area contributed by atoms with Crippen molar-refractivity contribution in [2.24, 2.45) is 0 Å². The van der Waals surface area contributed by atoms with E-state index < -0.39 is 0 Å². The molecular formula is C18H19N5O2. The van der Waals surface area contributed by atoms with Crippen LogP contribution in [0.15, 0.2) is 47.7 Å². The topological polar surface area (TPSA) is 93.9 Å². The van der Waals surface area contributed by atoms with Crippen LogP contribution in [0.25, 0.3) is 10.9 Å². The number of piperidine rings is 1.